The first-order valence-electron chi connectivity index (χ1n) is 7.50. The highest BCUT2D eigenvalue weighted by atomic mass is 16.6. The van der Waals surface area contributed by atoms with E-state index in [1.807, 2.05) is 7.11 Å². The minimum absolute atomic E-state index is 0.0520. The lowest BCUT2D eigenvalue weighted by Crippen LogP contribution is -2.48. The van der Waals surface area contributed by atoms with Crippen LogP contribution in [-0.4, -0.2) is 37.1 Å². The zero-order chi connectivity index (χ0) is 13.7. The van der Waals surface area contributed by atoms with Crippen LogP contribution >= 0.6 is 0 Å². The van der Waals surface area contributed by atoms with Crippen LogP contribution in [0.4, 0.5) is 0 Å². The lowest BCUT2D eigenvalue weighted by atomic mass is 9.69. The molecule has 3 aliphatic rings. The van der Waals surface area contributed by atoms with E-state index < -0.39 is 0 Å². The molecule has 2 unspecified atom stereocenters. The molecular weight excluding hydrogens is 240 g/mol. The Balaban J connectivity index is 1.74. The van der Waals surface area contributed by atoms with Gasteiger partial charge in [-0.05, 0) is 46.5 Å². The second-order valence-electron chi connectivity index (χ2n) is 6.81. The monoisotopic (exact) mass is 266 g/mol. The molecule has 0 N–H and O–H groups in total. The van der Waals surface area contributed by atoms with Crippen LogP contribution in [0.25, 0.3) is 0 Å². The van der Waals surface area contributed by atoms with E-state index in [9.17, 15) is 0 Å². The maximum Gasteiger partial charge on any atom is 0.100 e. The number of methoxy groups -OCH3 is 1. The summed E-state index contributed by atoms with van der Waals surface area (Å²) < 4.78 is 17.7. The molecule has 0 radical (unpaired) electrons. The molecule has 5 atom stereocenters. The Hall–Kier alpha value is -0.380. The minimum atomic E-state index is -0.0520. The van der Waals surface area contributed by atoms with E-state index in [-0.39, 0.29) is 17.3 Å². The lowest BCUT2D eigenvalue weighted by Gasteiger charge is -2.38. The molecule has 2 saturated heterocycles. The van der Waals surface area contributed by atoms with Crippen molar-refractivity contribution in [3.05, 3.63) is 11.6 Å². The summed E-state index contributed by atoms with van der Waals surface area (Å²) in [5.74, 6) is 0.398. The summed E-state index contributed by atoms with van der Waals surface area (Å²) in [5, 5.41) is 0. The molecule has 1 aliphatic carbocycles. The molecule has 3 nitrogen and oxygen atoms in total. The van der Waals surface area contributed by atoms with Gasteiger partial charge in [0, 0.05) is 13.0 Å². The third-order valence-electron chi connectivity index (χ3n) is 5.18. The van der Waals surface area contributed by atoms with Gasteiger partial charge < -0.3 is 14.2 Å². The molecule has 3 rings (SSSR count). The van der Waals surface area contributed by atoms with Gasteiger partial charge in [-0.2, -0.15) is 0 Å². The fraction of sp³-hybridized carbons (Fsp3) is 0.875. The maximum atomic E-state index is 6.10. The van der Waals surface area contributed by atoms with Crippen LogP contribution in [0.1, 0.15) is 46.5 Å². The molecule has 0 bridgehead atoms. The average Bonchev–Trinajstić information content (AvgIpc) is 3.26. The Morgan fingerprint density at radius 2 is 2.16 bits per heavy atom. The number of hydrogen-bond acceptors (Lipinski definition) is 3. The predicted molar refractivity (Wildman–Crippen MR) is 74.1 cm³/mol. The normalized spacial score (nSPS) is 48.1. The molecule has 3 heteroatoms. The van der Waals surface area contributed by atoms with Gasteiger partial charge >= 0.3 is 0 Å². The lowest BCUT2D eigenvalue weighted by molar-refractivity contribution is -0.0492. The van der Waals surface area contributed by atoms with Crippen LogP contribution < -0.4 is 0 Å². The van der Waals surface area contributed by atoms with Gasteiger partial charge in [0.1, 0.15) is 5.60 Å². The molecule has 1 spiro atoms. The van der Waals surface area contributed by atoms with Crippen molar-refractivity contribution in [1.82, 2.24) is 0 Å². The molecule has 0 amide bonds. The molecule has 108 valence electrons. The fourth-order valence-corrected chi connectivity index (χ4v) is 4.00. The van der Waals surface area contributed by atoms with Crippen molar-refractivity contribution in [2.45, 2.75) is 69.9 Å². The van der Waals surface area contributed by atoms with E-state index in [1.165, 1.54) is 18.4 Å². The van der Waals surface area contributed by atoms with Gasteiger partial charge in [-0.1, -0.05) is 11.6 Å². The van der Waals surface area contributed by atoms with Crippen molar-refractivity contribution in [1.29, 1.82) is 0 Å². The quantitative estimate of drug-likeness (QED) is 0.579. The zero-order valence-corrected chi connectivity index (χ0v) is 12.6. The van der Waals surface area contributed by atoms with Crippen LogP contribution in [0.5, 0.6) is 0 Å². The summed E-state index contributed by atoms with van der Waals surface area (Å²) in [4.78, 5) is 0. The maximum absolute atomic E-state index is 6.10. The van der Waals surface area contributed by atoms with Gasteiger partial charge in [-0.15, -0.1) is 0 Å². The molecule has 1 saturated carbocycles. The Morgan fingerprint density at radius 3 is 2.74 bits per heavy atom. The summed E-state index contributed by atoms with van der Waals surface area (Å²) >= 11 is 0. The van der Waals surface area contributed by atoms with Gasteiger partial charge in [0.15, 0.2) is 0 Å². The highest BCUT2D eigenvalue weighted by Gasteiger charge is 2.70. The molecule has 0 aromatic heterocycles. The summed E-state index contributed by atoms with van der Waals surface area (Å²) in [6.07, 6.45) is 7.45. The molecule has 19 heavy (non-hydrogen) atoms. The Labute approximate surface area is 116 Å². The fourth-order valence-electron chi connectivity index (χ4n) is 4.00. The minimum Gasteiger partial charge on any atom is -0.381 e. The third-order valence-corrected chi connectivity index (χ3v) is 5.18. The van der Waals surface area contributed by atoms with Crippen molar-refractivity contribution >= 4 is 0 Å². The van der Waals surface area contributed by atoms with Crippen LogP contribution in [0, 0.1) is 5.92 Å². The van der Waals surface area contributed by atoms with Crippen molar-refractivity contribution < 1.29 is 14.2 Å². The number of ether oxygens (including phenoxy) is 3. The Morgan fingerprint density at radius 1 is 1.42 bits per heavy atom. The predicted octanol–water partition coefficient (Wildman–Crippen LogP) is 3.08. The molecule has 0 aromatic rings. The highest BCUT2D eigenvalue weighted by molar-refractivity contribution is 5.19. The highest BCUT2D eigenvalue weighted by Crippen LogP contribution is 2.59. The number of rotatable bonds is 4. The molecular formula is C16H26O3. The first kappa shape index (κ1) is 13.6. The standard InChI is InChI=1S/C16H26O3/c1-11(2)7-8-13-15(3,19-13)14-12(17-4)6-5-9-16(14)10-18-16/h7,12-14H,5-6,8-10H2,1-4H3/t12-,13?,14-,15?,16+/m1/s1. The van der Waals surface area contributed by atoms with Gasteiger partial charge in [0.05, 0.1) is 24.4 Å². The third kappa shape index (κ3) is 2.26. The Kier molecular flexibility index (Phi) is 3.27. The van der Waals surface area contributed by atoms with Gasteiger partial charge in [0.25, 0.3) is 0 Å². The summed E-state index contributed by atoms with van der Waals surface area (Å²) in [6, 6.07) is 0. The van der Waals surface area contributed by atoms with Crippen LogP contribution in [0.15, 0.2) is 11.6 Å². The zero-order valence-electron chi connectivity index (χ0n) is 12.6. The number of epoxide rings is 2. The van der Waals surface area contributed by atoms with E-state index in [1.54, 1.807) is 0 Å². The molecule has 2 aliphatic heterocycles. The van der Waals surface area contributed by atoms with Crippen molar-refractivity contribution in [2.24, 2.45) is 5.92 Å². The van der Waals surface area contributed by atoms with Crippen LogP contribution in [-0.2, 0) is 14.2 Å². The van der Waals surface area contributed by atoms with Gasteiger partial charge in [-0.3, -0.25) is 0 Å². The smallest absolute Gasteiger partial charge is 0.100 e. The largest absolute Gasteiger partial charge is 0.381 e. The Bertz CT molecular complexity index is 381. The van der Waals surface area contributed by atoms with Crippen molar-refractivity contribution in [3.8, 4) is 0 Å². The van der Waals surface area contributed by atoms with Crippen molar-refractivity contribution in [2.75, 3.05) is 13.7 Å². The second kappa shape index (κ2) is 4.57. The van der Waals surface area contributed by atoms with Crippen LogP contribution in [0.3, 0.4) is 0 Å². The van der Waals surface area contributed by atoms with Gasteiger partial charge in [-0.25, -0.2) is 0 Å². The van der Waals surface area contributed by atoms with E-state index in [4.69, 9.17) is 14.2 Å². The first-order valence-corrected chi connectivity index (χ1v) is 7.50. The van der Waals surface area contributed by atoms with E-state index >= 15 is 0 Å². The van der Waals surface area contributed by atoms with E-state index in [0.717, 1.165) is 19.4 Å². The van der Waals surface area contributed by atoms with Gasteiger partial charge in [0.2, 0.25) is 0 Å². The van der Waals surface area contributed by atoms with E-state index in [0.29, 0.717) is 12.0 Å². The molecule has 2 heterocycles. The summed E-state index contributed by atoms with van der Waals surface area (Å²) in [7, 11) is 1.83. The molecule has 0 aromatic carbocycles. The van der Waals surface area contributed by atoms with Crippen molar-refractivity contribution in [3.63, 3.8) is 0 Å². The SMILES string of the molecule is CO[C@@H]1CCC[C@]2(CO2)[C@H]1C1(C)OC1CC=C(C)C. The second-order valence-corrected chi connectivity index (χ2v) is 6.81. The average molecular weight is 266 g/mol. The molecule has 3 fully saturated rings. The van der Waals surface area contributed by atoms with E-state index in [2.05, 4.69) is 26.8 Å². The summed E-state index contributed by atoms with van der Waals surface area (Å²) in [5.41, 5.74) is 1.37. The number of hydrogen-bond donors (Lipinski definition) is 0. The van der Waals surface area contributed by atoms with Crippen LogP contribution in [0.2, 0.25) is 0 Å². The first-order chi connectivity index (χ1) is 9.02. The summed E-state index contributed by atoms with van der Waals surface area (Å²) in [6.45, 7) is 7.43. The number of allylic oxidation sites excluding steroid dienone is 1. The topological polar surface area (TPSA) is 34.3 Å².